The molecular weight excluding hydrogens is 490 g/mol. The summed E-state index contributed by atoms with van der Waals surface area (Å²) in [5, 5.41) is 9.74. The number of halogens is 2. The molecule has 0 unspecified atom stereocenters. The lowest BCUT2D eigenvalue weighted by atomic mass is 9.93. The number of aromatic nitrogens is 5. The highest BCUT2D eigenvalue weighted by Gasteiger charge is 2.34. The summed E-state index contributed by atoms with van der Waals surface area (Å²) in [7, 11) is 0. The number of amides is 1. The number of nitrogens with one attached hydrogen (secondary N) is 1. The average Bonchev–Trinajstić information content (AvgIpc) is 3.29. The van der Waals surface area contributed by atoms with Gasteiger partial charge in [-0.15, -0.1) is 5.10 Å². The zero-order chi connectivity index (χ0) is 26.1. The van der Waals surface area contributed by atoms with Gasteiger partial charge in [0.15, 0.2) is 11.6 Å². The lowest BCUT2D eigenvalue weighted by Crippen LogP contribution is -2.52. The summed E-state index contributed by atoms with van der Waals surface area (Å²) in [6.45, 7) is 3.88. The lowest BCUT2D eigenvalue weighted by Gasteiger charge is -2.37. The monoisotopic (exact) mass is 518 g/mol. The predicted octanol–water partition coefficient (Wildman–Crippen LogP) is 3.08. The van der Waals surface area contributed by atoms with E-state index in [4.69, 9.17) is 0 Å². The van der Waals surface area contributed by atoms with Gasteiger partial charge in [-0.25, -0.2) is 23.7 Å². The number of anilines is 1. The third-order valence-corrected chi connectivity index (χ3v) is 7.43. The molecule has 1 aromatic heterocycles. The Balaban J connectivity index is 1.20. The van der Waals surface area contributed by atoms with Gasteiger partial charge in [0.25, 0.3) is 5.91 Å². The van der Waals surface area contributed by atoms with Gasteiger partial charge in [-0.2, -0.15) is 4.79 Å². The molecule has 0 bridgehead atoms. The molecule has 6 rings (SSSR count). The van der Waals surface area contributed by atoms with Crippen LogP contribution in [0.2, 0.25) is 0 Å². The molecule has 196 valence electrons. The maximum Gasteiger partial charge on any atom is 0.258 e. The highest BCUT2D eigenvalue weighted by Crippen LogP contribution is 2.39. The zero-order valence-electron chi connectivity index (χ0n) is 20.9. The van der Waals surface area contributed by atoms with E-state index >= 15 is 0 Å². The van der Waals surface area contributed by atoms with Crippen molar-refractivity contribution in [2.45, 2.75) is 32.1 Å². The molecule has 4 aliphatic rings. The van der Waals surface area contributed by atoms with Gasteiger partial charge < -0.3 is 5.32 Å². The predicted molar refractivity (Wildman–Crippen MR) is 138 cm³/mol. The Labute approximate surface area is 218 Å². The van der Waals surface area contributed by atoms with Crippen LogP contribution in [-0.4, -0.2) is 68.4 Å². The summed E-state index contributed by atoms with van der Waals surface area (Å²) in [5.41, 5.74) is 5.73. The molecule has 3 heterocycles. The molecule has 0 atom stereocenters. The van der Waals surface area contributed by atoms with E-state index in [1.165, 1.54) is 24.8 Å². The summed E-state index contributed by atoms with van der Waals surface area (Å²) in [6, 6.07) is 4.09. The first kappa shape index (κ1) is 24.4. The highest BCUT2D eigenvalue weighted by molar-refractivity contribution is 6.10. The lowest BCUT2D eigenvalue weighted by molar-refractivity contribution is 0.102. The molecule has 2 aromatic rings. The maximum atomic E-state index is 13.6. The minimum Gasteiger partial charge on any atom is -0.319 e. The van der Waals surface area contributed by atoms with Crippen molar-refractivity contribution in [3.05, 3.63) is 77.1 Å². The Morgan fingerprint density at radius 1 is 0.947 bits per heavy atom. The van der Waals surface area contributed by atoms with E-state index in [1.807, 2.05) is 4.79 Å². The van der Waals surface area contributed by atoms with Crippen LogP contribution in [0.3, 0.4) is 0 Å². The molecule has 9 nitrogen and oxygen atoms in total. The fourth-order valence-corrected chi connectivity index (χ4v) is 5.53. The summed E-state index contributed by atoms with van der Waals surface area (Å²) in [5.74, 6) is -1.83. The van der Waals surface area contributed by atoms with Crippen molar-refractivity contribution in [3.63, 3.8) is 0 Å². The van der Waals surface area contributed by atoms with Crippen molar-refractivity contribution < 1.29 is 13.6 Å². The van der Waals surface area contributed by atoms with Crippen molar-refractivity contribution in [3.8, 4) is 11.4 Å². The van der Waals surface area contributed by atoms with Crippen LogP contribution in [0, 0.1) is 11.6 Å². The van der Waals surface area contributed by atoms with Crippen LogP contribution >= 0.6 is 0 Å². The SMILES string of the molecule is O=C(Nc1cncnc1)c1c2ncnn(N3CCN(CCc4ccc(F)c(F)c4)CC3)c-2c2c1CCCC2. The molecule has 2 aliphatic heterocycles. The zero-order valence-corrected chi connectivity index (χ0v) is 20.9. The van der Waals surface area contributed by atoms with Crippen LogP contribution in [0.25, 0.3) is 11.4 Å². The molecule has 1 aromatic carbocycles. The second-order valence-electron chi connectivity index (χ2n) is 9.76. The summed E-state index contributed by atoms with van der Waals surface area (Å²) >= 11 is 0. The van der Waals surface area contributed by atoms with Crippen LogP contribution < -0.4 is 10.3 Å². The van der Waals surface area contributed by atoms with Crippen LogP contribution in [0.4, 0.5) is 14.5 Å². The quantitative estimate of drug-likeness (QED) is 0.420. The number of nitrogens with zero attached hydrogens (tertiary/aromatic N) is 7. The van der Waals surface area contributed by atoms with Crippen LogP contribution in [0.15, 0.2) is 43.2 Å². The second-order valence-corrected chi connectivity index (χ2v) is 9.76. The molecule has 1 fully saturated rings. The third-order valence-electron chi connectivity index (χ3n) is 7.43. The van der Waals surface area contributed by atoms with Crippen molar-refractivity contribution in [1.82, 2.24) is 29.7 Å². The van der Waals surface area contributed by atoms with Gasteiger partial charge in [-0.3, -0.25) is 14.7 Å². The van der Waals surface area contributed by atoms with Crippen molar-refractivity contribution >= 4 is 11.6 Å². The van der Waals surface area contributed by atoms with E-state index in [-0.39, 0.29) is 5.91 Å². The van der Waals surface area contributed by atoms with E-state index in [1.54, 1.807) is 18.5 Å². The number of rotatable bonds is 6. The fraction of sp³-hybridized carbons (Fsp3) is 0.370. The van der Waals surface area contributed by atoms with E-state index in [0.717, 1.165) is 80.8 Å². The minimum atomic E-state index is -0.819. The molecular formula is C27H28F2N8O. The van der Waals surface area contributed by atoms with Crippen molar-refractivity contribution in [2.24, 2.45) is 0 Å². The molecule has 1 saturated heterocycles. The standard InChI is InChI=1S/C27H28F2N8O/c28-22-6-5-18(13-23(22)29)7-8-35-9-11-36(12-10-35)37-26-21-4-2-1-3-20(21)24(25(26)32-17-33-37)27(38)34-19-14-30-16-31-15-19/h5-6,13-17H,1-4,7-12H2,(H,34,38). The number of fused-ring (bicyclic) bond motifs is 3. The van der Waals surface area contributed by atoms with Gasteiger partial charge in [-0.05, 0) is 60.9 Å². The van der Waals surface area contributed by atoms with E-state index < -0.39 is 11.6 Å². The molecule has 11 heteroatoms. The third kappa shape index (κ3) is 4.69. The van der Waals surface area contributed by atoms with Gasteiger partial charge >= 0.3 is 0 Å². The fourth-order valence-electron chi connectivity index (χ4n) is 5.53. The Morgan fingerprint density at radius 2 is 1.71 bits per heavy atom. The van der Waals surface area contributed by atoms with Gasteiger partial charge in [-0.1, -0.05) is 6.07 Å². The highest BCUT2D eigenvalue weighted by atomic mass is 19.2. The maximum absolute atomic E-state index is 13.6. The molecule has 38 heavy (non-hydrogen) atoms. The number of carbonyl (C=O) groups excluding carboxylic acids is 1. The molecule has 0 saturated carbocycles. The van der Waals surface area contributed by atoms with E-state index in [2.05, 4.69) is 35.3 Å². The second kappa shape index (κ2) is 10.4. The minimum absolute atomic E-state index is 0.208. The van der Waals surface area contributed by atoms with E-state index in [0.29, 0.717) is 23.4 Å². The Kier molecular flexibility index (Phi) is 6.67. The van der Waals surface area contributed by atoms with Crippen molar-refractivity contribution in [1.29, 1.82) is 0 Å². The Morgan fingerprint density at radius 3 is 2.47 bits per heavy atom. The first-order valence-electron chi connectivity index (χ1n) is 12.9. The Bertz CT molecular complexity index is 1420. The first-order chi connectivity index (χ1) is 18.6. The smallest absolute Gasteiger partial charge is 0.258 e. The first-order valence-corrected chi connectivity index (χ1v) is 12.9. The largest absolute Gasteiger partial charge is 0.319 e. The van der Waals surface area contributed by atoms with Crippen LogP contribution in [-0.2, 0) is 19.3 Å². The topological polar surface area (TPSA) is 92.1 Å². The molecule has 0 spiro atoms. The molecule has 1 N–H and O–H groups in total. The van der Waals surface area contributed by atoms with Gasteiger partial charge in [0.2, 0.25) is 0 Å². The van der Waals surface area contributed by atoms with Crippen LogP contribution in [0.1, 0.15) is 39.9 Å². The normalized spacial score (nSPS) is 16.0. The number of carbonyl (C=O) groups is 1. The number of hydrogen-bond donors (Lipinski definition) is 1. The molecule has 0 radical (unpaired) electrons. The van der Waals surface area contributed by atoms with Crippen LogP contribution in [0.5, 0.6) is 0 Å². The summed E-state index contributed by atoms with van der Waals surface area (Å²) in [6.07, 6.45) is 10.6. The Hall–Kier alpha value is -3.99. The van der Waals surface area contributed by atoms with Gasteiger partial charge in [0.1, 0.15) is 24.0 Å². The summed E-state index contributed by atoms with van der Waals surface area (Å²) in [4.78, 5) is 30.2. The number of benzene rings is 1. The summed E-state index contributed by atoms with van der Waals surface area (Å²) < 4.78 is 26.8. The van der Waals surface area contributed by atoms with Gasteiger partial charge in [0.05, 0.1) is 23.6 Å². The van der Waals surface area contributed by atoms with Gasteiger partial charge in [0, 0.05) is 32.7 Å². The number of piperazine rings is 1. The van der Waals surface area contributed by atoms with Crippen molar-refractivity contribution in [2.75, 3.05) is 43.0 Å². The number of hydrogen-bond acceptors (Lipinski definition) is 7. The molecule has 1 amide bonds. The van der Waals surface area contributed by atoms with E-state index in [9.17, 15) is 13.6 Å². The molecule has 2 aliphatic carbocycles. The average molecular weight is 519 g/mol.